The first-order valence-electron chi connectivity index (χ1n) is 6.25. The highest BCUT2D eigenvalue weighted by atomic mass is 35.5. The molecule has 0 unspecified atom stereocenters. The summed E-state index contributed by atoms with van der Waals surface area (Å²) in [6.45, 7) is 0. The fourth-order valence-electron chi connectivity index (χ4n) is 2.09. The highest BCUT2D eigenvalue weighted by Gasteiger charge is 2.10. The molecule has 0 saturated carbocycles. The fraction of sp³-hybridized carbons (Fsp3) is 0.0667. The minimum absolute atomic E-state index is 0.348. The highest BCUT2D eigenvalue weighted by Crippen LogP contribution is 2.24. The molecular formula is C15H9Cl3N2OS. The van der Waals surface area contributed by atoms with Crippen molar-refractivity contribution in [2.24, 2.45) is 12.0 Å². The number of benzene rings is 2. The van der Waals surface area contributed by atoms with Crippen molar-refractivity contribution < 1.29 is 4.79 Å². The highest BCUT2D eigenvalue weighted by molar-refractivity contribution is 7.16. The Kier molecular flexibility index (Phi) is 4.28. The molecule has 1 amide bonds. The zero-order valence-electron chi connectivity index (χ0n) is 11.3. The maximum absolute atomic E-state index is 12.3. The van der Waals surface area contributed by atoms with Crippen molar-refractivity contribution >= 4 is 62.3 Å². The second-order valence-corrected chi connectivity index (χ2v) is 6.89. The van der Waals surface area contributed by atoms with Crippen molar-refractivity contribution in [1.29, 1.82) is 0 Å². The molecule has 3 rings (SSSR count). The molecule has 3 aromatic rings. The molecule has 0 bridgehead atoms. The van der Waals surface area contributed by atoms with Crippen LogP contribution in [0.15, 0.2) is 41.4 Å². The minimum Gasteiger partial charge on any atom is -0.318 e. The van der Waals surface area contributed by atoms with Crippen LogP contribution in [-0.4, -0.2) is 10.5 Å². The average Bonchev–Trinajstić information content (AvgIpc) is 2.75. The number of rotatable bonds is 1. The SMILES string of the molecule is Cn1c(=NC(=O)c2cc(Cl)cc(Cl)c2)sc2cccc(Cl)c21. The maximum Gasteiger partial charge on any atom is 0.279 e. The van der Waals surface area contributed by atoms with Crippen molar-refractivity contribution in [3.63, 3.8) is 0 Å². The van der Waals surface area contributed by atoms with E-state index < -0.39 is 5.91 Å². The van der Waals surface area contributed by atoms with Crippen LogP contribution in [0.25, 0.3) is 10.2 Å². The van der Waals surface area contributed by atoms with Crippen molar-refractivity contribution in [3.05, 3.63) is 61.8 Å². The third-order valence-corrected chi connectivity index (χ3v) is 4.92. The number of amides is 1. The van der Waals surface area contributed by atoms with Crippen LogP contribution < -0.4 is 4.80 Å². The zero-order valence-corrected chi connectivity index (χ0v) is 14.4. The Labute approximate surface area is 145 Å². The first-order chi connectivity index (χ1) is 10.5. The number of nitrogens with zero attached hydrogens (tertiary/aromatic N) is 2. The molecule has 0 saturated heterocycles. The van der Waals surface area contributed by atoms with E-state index in [1.807, 2.05) is 19.2 Å². The number of carbonyl (C=O) groups excluding carboxylic acids is 1. The summed E-state index contributed by atoms with van der Waals surface area (Å²) >= 11 is 19.4. The van der Waals surface area contributed by atoms with Gasteiger partial charge in [0.05, 0.1) is 15.2 Å². The van der Waals surface area contributed by atoms with Crippen molar-refractivity contribution in [2.45, 2.75) is 0 Å². The van der Waals surface area contributed by atoms with E-state index in [2.05, 4.69) is 4.99 Å². The number of halogens is 3. The van der Waals surface area contributed by atoms with E-state index in [1.165, 1.54) is 11.3 Å². The lowest BCUT2D eigenvalue weighted by molar-refractivity contribution is 0.0998. The second-order valence-electron chi connectivity index (χ2n) is 4.61. The smallest absolute Gasteiger partial charge is 0.279 e. The van der Waals surface area contributed by atoms with Crippen molar-refractivity contribution in [1.82, 2.24) is 4.57 Å². The normalized spacial score (nSPS) is 12.1. The number of para-hydroxylation sites is 1. The predicted octanol–water partition coefficient (Wildman–Crippen LogP) is 4.94. The molecule has 7 heteroatoms. The molecule has 112 valence electrons. The molecular weight excluding hydrogens is 363 g/mol. The third kappa shape index (κ3) is 2.92. The van der Waals surface area contributed by atoms with Gasteiger partial charge in [-0.2, -0.15) is 4.99 Å². The third-order valence-electron chi connectivity index (χ3n) is 3.08. The van der Waals surface area contributed by atoms with E-state index in [9.17, 15) is 4.79 Å². The van der Waals surface area contributed by atoms with E-state index in [-0.39, 0.29) is 0 Å². The predicted molar refractivity (Wildman–Crippen MR) is 92.2 cm³/mol. The van der Waals surface area contributed by atoms with Crippen LogP contribution in [0.5, 0.6) is 0 Å². The van der Waals surface area contributed by atoms with Gasteiger partial charge in [-0.3, -0.25) is 4.79 Å². The number of hydrogen-bond acceptors (Lipinski definition) is 2. The number of aryl methyl sites for hydroxylation is 1. The number of carbonyl (C=O) groups is 1. The van der Waals surface area contributed by atoms with Gasteiger partial charge < -0.3 is 4.57 Å². The standard InChI is InChI=1S/C15H9Cl3N2OS/c1-20-13-11(18)3-2-4-12(13)22-15(20)19-14(21)8-5-9(16)7-10(17)6-8/h2-7H,1H3. The second kappa shape index (κ2) is 6.05. The molecule has 0 spiro atoms. The Morgan fingerprint density at radius 2 is 1.82 bits per heavy atom. The Bertz CT molecular complexity index is 939. The lowest BCUT2D eigenvalue weighted by Gasteiger charge is -1.99. The number of fused-ring (bicyclic) bond motifs is 1. The van der Waals surface area contributed by atoms with Crippen molar-refractivity contribution in [3.8, 4) is 0 Å². The van der Waals surface area contributed by atoms with Crippen LogP contribution in [0.1, 0.15) is 10.4 Å². The molecule has 2 aromatic carbocycles. The summed E-state index contributed by atoms with van der Waals surface area (Å²) < 4.78 is 2.76. The lowest BCUT2D eigenvalue weighted by atomic mass is 10.2. The summed E-state index contributed by atoms with van der Waals surface area (Å²) in [5.74, 6) is -0.400. The zero-order chi connectivity index (χ0) is 15.9. The van der Waals surface area contributed by atoms with Gasteiger partial charge in [0.2, 0.25) is 0 Å². The van der Waals surface area contributed by atoms with Crippen LogP contribution in [0.4, 0.5) is 0 Å². The van der Waals surface area contributed by atoms with Gasteiger partial charge in [-0.1, -0.05) is 52.2 Å². The van der Waals surface area contributed by atoms with E-state index in [0.29, 0.717) is 25.4 Å². The van der Waals surface area contributed by atoms with E-state index in [0.717, 1.165) is 10.2 Å². The molecule has 0 atom stereocenters. The lowest BCUT2D eigenvalue weighted by Crippen LogP contribution is -2.13. The molecule has 0 aliphatic carbocycles. The number of hydrogen-bond donors (Lipinski definition) is 0. The monoisotopic (exact) mass is 370 g/mol. The van der Waals surface area contributed by atoms with Gasteiger partial charge in [-0.15, -0.1) is 0 Å². The molecule has 1 aromatic heterocycles. The van der Waals surface area contributed by atoms with E-state index >= 15 is 0 Å². The Balaban J connectivity index is 2.14. The van der Waals surface area contributed by atoms with Gasteiger partial charge in [0.1, 0.15) is 0 Å². The Morgan fingerprint density at radius 1 is 1.14 bits per heavy atom. The molecule has 0 fully saturated rings. The van der Waals surface area contributed by atoms with Crippen LogP contribution in [0.3, 0.4) is 0 Å². The van der Waals surface area contributed by atoms with Gasteiger partial charge in [0.25, 0.3) is 5.91 Å². The summed E-state index contributed by atoms with van der Waals surface area (Å²) in [5.41, 5.74) is 1.20. The summed E-state index contributed by atoms with van der Waals surface area (Å²) in [6.07, 6.45) is 0. The average molecular weight is 372 g/mol. The summed E-state index contributed by atoms with van der Waals surface area (Å²) in [4.78, 5) is 17.0. The number of aromatic nitrogens is 1. The van der Waals surface area contributed by atoms with Gasteiger partial charge in [-0.25, -0.2) is 0 Å². The van der Waals surface area contributed by atoms with Crippen molar-refractivity contribution in [2.75, 3.05) is 0 Å². The topological polar surface area (TPSA) is 34.4 Å². The first-order valence-corrected chi connectivity index (χ1v) is 8.20. The van der Waals surface area contributed by atoms with Crippen LogP contribution in [0, 0.1) is 0 Å². The molecule has 0 aliphatic heterocycles. The van der Waals surface area contributed by atoms with Crippen LogP contribution in [-0.2, 0) is 7.05 Å². The largest absolute Gasteiger partial charge is 0.318 e. The first kappa shape index (κ1) is 15.6. The fourth-order valence-corrected chi connectivity index (χ4v) is 4.02. The summed E-state index contributed by atoms with van der Waals surface area (Å²) in [6, 6.07) is 10.3. The Morgan fingerprint density at radius 3 is 2.45 bits per heavy atom. The molecule has 0 aliphatic rings. The molecule has 3 nitrogen and oxygen atoms in total. The quantitative estimate of drug-likeness (QED) is 0.596. The molecule has 1 heterocycles. The molecule has 22 heavy (non-hydrogen) atoms. The summed E-state index contributed by atoms with van der Waals surface area (Å²) in [7, 11) is 1.82. The minimum atomic E-state index is -0.400. The molecule has 0 radical (unpaired) electrons. The van der Waals surface area contributed by atoms with Gasteiger partial charge in [-0.05, 0) is 30.3 Å². The Hall–Kier alpha value is -1.33. The van der Waals surface area contributed by atoms with E-state index in [1.54, 1.807) is 28.8 Å². The van der Waals surface area contributed by atoms with E-state index in [4.69, 9.17) is 34.8 Å². The number of thiazole rings is 1. The van der Waals surface area contributed by atoms with Crippen LogP contribution >= 0.6 is 46.1 Å². The van der Waals surface area contributed by atoms with Gasteiger partial charge in [0.15, 0.2) is 4.80 Å². The van der Waals surface area contributed by atoms with Crippen LogP contribution in [0.2, 0.25) is 15.1 Å². The molecule has 0 N–H and O–H groups in total. The van der Waals surface area contributed by atoms with Gasteiger partial charge >= 0.3 is 0 Å². The summed E-state index contributed by atoms with van der Waals surface area (Å²) in [5, 5.41) is 1.42. The van der Waals surface area contributed by atoms with Gasteiger partial charge in [0, 0.05) is 22.7 Å². The maximum atomic E-state index is 12.3.